The molecule has 0 radical (unpaired) electrons. The number of nitrogen functional groups attached to an aromatic ring is 1. The summed E-state index contributed by atoms with van der Waals surface area (Å²) in [6.45, 7) is 4.03. The highest BCUT2D eigenvalue weighted by Crippen LogP contribution is 2.27. The minimum absolute atomic E-state index is 0.166. The van der Waals surface area contributed by atoms with Crippen molar-refractivity contribution >= 4 is 23.1 Å². The van der Waals surface area contributed by atoms with E-state index in [1.165, 1.54) is 5.56 Å². The first-order valence-corrected chi connectivity index (χ1v) is 8.17. The van der Waals surface area contributed by atoms with Crippen molar-refractivity contribution in [1.82, 2.24) is 20.3 Å². The van der Waals surface area contributed by atoms with E-state index >= 15 is 0 Å². The molecule has 21 heavy (non-hydrogen) atoms. The molecule has 7 heteroatoms. The van der Waals surface area contributed by atoms with Gasteiger partial charge in [0.15, 0.2) is 0 Å². The summed E-state index contributed by atoms with van der Waals surface area (Å²) in [5.41, 5.74) is 8.12. The predicted molar refractivity (Wildman–Crippen MR) is 85.5 cm³/mol. The van der Waals surface area contributed by atoms with E-state index in [4.69, 9.17) is 5.73 Å². The first kappa shape index (κ1) is 14.2. The minimum Gasteiger partial charge on any atom is -0.368 e. The SMILES string of the molecule is CCC(Nc1nc(N)nc2c1CCNCC2)c1nccs1. The molecule has 1 unspecified atom stereocenters. The van der Waals surface area contributed by atoms with Crippen LogP contribution in [0.2, 0.25) is 0 Å². The molecule has 0 saturated carbocycles. The van der Waals surface area contributed by atoms with Crippen LogP contribution < -0.4 is 16.4 Å². The maximum atomic E-state index is 5.87. The molecule has 4 N–H and O–H groups in total. The number of rotatable bonds is 4. The number of aromatic nitrogens is 3. The maximum Gasteiger partial charge on any atom is 0.222 e. The smallest absolute Gasteiger partial charge is 0.222 e. The van der Waals surface area contributed by atoms with Crippen LogP contribution in [-0.4, -0.2) is 28.0 Å². The van der Waals surface area contributed by atoms with E-state index in [1.54, 1.807) is 11.3 Å². The Kier molecular flexibility index (Phi) is 4.31. The fourth-order valence-corrected chi connectivity index (χ4v) is 3.37. The van der Waals surface area contributed by atoms with Crippen molar-refractivity contribution in [3.8, 4) is 0 Å². The van der Waals surface area contributed by atoms with Gasteiger partial charge in [-0.05, 0) is 19.4 Å². The highest BCUT2D eigenvalue weighted by Gasteiger charge is 2.19. The van der Waals surface area contributed by atoms with E-state index in [1.807, 2.05) is 11.6 Å². The zero-order valence-corrected chi connectivity index (χ0v) is 12.9. The van der Waals surface area contributed by atoms with Crippen LogP contribution in [0.4, 0.5) is 11.8 Å². The molecule has 3 heterocycles. The number of thiazole rings is 1. The average molecular weight is 304 g/mol. The normalized spacial score (nSPS) is 16.0. The first-order valence-electron chi connectivity index (χ1n) is 7.29. The van der Waals surface area contributed by atoms with Crippen LogP contribution in [-0.2, 0) is 12.8 Å². The summed E-state index contributed by atoms with van der Waals surface area (Å²) in [6, 6.07) is 0.166. The Balaban J connectivity index is 1.92. The van der Waals surface area contributed by atoms with E-state index in [9.17, 15) is 0 Å². The van der Waals surface area contributed by atoms with Crippen LogP contribution >= 0.6 is 11.3 Å². The third-order valence-electron chi connectivity index (χ3n) is 3.67. The third-order valence-corrected chi connectivity index (χ3v) is 4.56. The van der Waals surface area contributed by atoms with Crippen LogP contribution in [0.25, 0.3) is 0 Å². The Morgan fingerprint density at radius 1 is 1.38 bits per heavy atom. The second-order valence-electron chi connectivity index (χ2n) is 5.08. The predicted octanol–water partition coefficient (Wildman–Crippen LogP) is 1.77. The average Bonchev–Trinajstić information content (AvgIpc) is 2.90. The Morgan fingerprint density at radius 2 is 2.24 bits per heavy atom. The van der Waals surface area contributed by atoms with E-state index in [0.29, 0.717) is 5.95 Å². The third kappa shape index (κ3) is 3.14. The molecule has 1 atom stereocenters. The molecular weight excluding hydrogens is 284 g/mol. The number of nitrogens with one attached hydrogen (secondary N) is 2. The summed E-state index contributed by atoms with van der Waals surface area (Å²) in [5, 5.41) is 9.98. The van der Waals surface area contributed by atoms with Crippen molar-refractivity contribution in [1.29, 1.82) is 0 Å². The second-order valence-corrected chi connectivity index (χ2v) is 6.01. The second kappa shape index (κ2) is 6.36. The Labute approximate surface area is 128 Å². The van der Waals surface area contributed by atoms with Crippen LogP contribution in [0, 0.1) is 0 Å². The standard InChI is InChI=1S/C14H20N6S/c1-2-10(13-17-7-8-21-13)18-12-9-3-5-16-6-4-11(9)19-14(15)20-12/h7-8,10,16H,2-6H2,1H3,(H3,15,18,19,20). The van der Waals surface area contributed by atoms with Crippen LogP contribution in [0.1, 0.15) is 35.7 Å². The summed E-state index contributed by atoms with van der Waals surface area (Å²) < 4.78 is 0. The molecule has 0 bridgehead atoms. The van der Waals surface area contributed by atoms with Crippen LogP contribution in [0.3, 0.4) is 0 Å². The quantitative estimate of drug-likeness (QED) is 0.798. The Hall–Kier alpha value is -1.73. The highest BCUT2D eigenvalue weighted by atomic mass is 32.1. The largest absolute Gasteiger partial charge is 0.368 e. The molecule has 2 aromatic rings. The molecule has 1 aliphatic rings. The molecule has 1 aliphatic heterocycles. The lowest BCUT2D eigenvalue weighted by molar-refractivity contribution is 0.707. The molecule has 0 amide bonds. The van der Waals surface area contributed by atoms with Crippen molar-refractivity contribution < 1.29 is 0 Å². The molecule has 0 aliphatic carbocycles. The Bertz CT molecular complexity index is 598. The van der Waals surface area contributed by atoms with E-state index in [0.717, 1.165) is 48.9 Å². The fraction of sp³-hybridized carbons (Fsp3) is 0.500. The van der Waals surface area contributed by atoms with Gasteiger partial charge >= 0.3 is 0 Å². The number of nitrogens with two attached hydrogens (primary N) is 1. The van der Waals surface area contributed by atoms with Gasteiger partial charge in [-0.3, -0.25) is 0 Å². The molecule has 0 fully saturated rings. The van der Waals surface area contributed by atoms with Gasteiger partial charge in [0.05, 0.1) is 11.7 Å². The van der Waals surface area contributed by atoms with Gasteiger partial charge in [0.2, 0.25) is 5.95 Å². The molecule has 0 saturated heterocycles. The summed E-state index contributed by atoms with van der Waals surface area (Å²) in [5.74, 6) is 1.20. The van der Waals surface area contributed by atoms with Gasteiger partial charge in [-0.15, -0.1) is 11.3 Å². The van der Waals surface area contributed by atoms with Gasteiger partial charge in [0.1, 0.15) is 10.8 Å². The topological polar surface area (TPSA) is 88.8 Å². The number of fused-ring (bicyclic) bond motifs is 1. The molecule has 112 valence electrons. The lowest BCUT2D eigenvalue weighted by Crippen LogP contribution is -2.17. The monoisotopic (exact) mass is 304 g/mol. The number of hydrogen-bond donors (Lipinski definition) is 3. The number of nitrogens with zero attached hydrogens (tertiary/aromatic N) is 3. The minimum atomic E-state index is 0.166. The van der Waals surface area contributed by atoms with E-state index < -0.39 is 0 Å². The van der Waals surface area contributed by atoms with Crippen molar-refractivity contribution in [2.75, 3.05) is 24.1 Å². The highest BCUT2D eigenvalue weighted by molar-refractivity contribution is 7.09. The van der Waals surface area contributed by atoms with Gasteiger partial charge < -0.3 is 16.4 Å². The van der Waals surface area contributed by atoms with Gasteiger partial charge in [-0.2, -0.15) is 4.98 Å². The van der Waals surface area contributed by atoms with E-state index in [2.05, 4.69) is 32.5 Å². The lowest BCUT2D eigenvalue weighted by atomic mass is 10.1. The van der Waals surface area contributed by atoms with Crippen molar-refractivity contribution in [3.05, 3.63) is 27.8 Å². The maximum absolute atomic E-state index is 5.87. The molecule has 6 nitrogen and oxygen atoms in total. The summed E-state index contributed by atoms with van der Waals surface area (Å²) in [7, 11) is 0. The number of anilines is 2. The van der Waals surface area contributed by atoms with Gasteiger partial charge in [0.25, 0.3) is 0 Å². The lowest BCUT2D eigenvalue weighted by Gasteiger charge is -2.19. The van der Waals surface area contributed by atoms with Gasteiger partial charge in [0, 0.05) is 30.1 Å². The zero-order chi connectivity index (χ0) is 14.7. The van der Waals surface area contributed by atoms with E-state index in [-0.39, 0.29) is 6.04 Å². The molecular formula is C14H20N6S. The van der Waals surface area contributed by atoms with Crippen molar-refractivity contribution in [2.45, 2.75) is 32.2 Å². The van der Waals surface area contributed by atoms with Gasteiger partial charge in [-0.25, -0.2) is 9.97 Å². The summed E-state index contributed by atoms with van der Waals surface area (Å²) in [4.78, 5) is 13.2. The Morgan fingerprint density at radius 3 is 3.00 bits per heavy atom. The summed E-state index contributed by atoms with van der Waals surface area (Å²) >= 11 is 1.66. The van der Waals surface area contributed by atoms with Crippen LogP contribution in [0.5, 0.6) is 0 Å². The fourth-order valence-electron chi connectivity index (χ4n) is 2.59. The van der Waals surface area contributed by atoms with Crippen LogP contribution in [0.15, 0.2) is 11.6 Å². The van der Waals surface area contributed by atoms with Gasteiger partial charge in [-0.1, -0.05) is 6.92 Å². The number of hydrogen-bond acceptors (Lipinski definition) is 7. The molecule has 3 rings (SSSR count). The van der Waals surface area contributed by atoms with Crippen molar-refractivity contribution in [2.24, 2.45) is 0 Å². The molecule has 2 aromatic heterocycles. The molecule has 0 spiro atoms. The van der Waals surface area contributed by atoms with Crippen molar-refractivity contribution in [3.63, 3.8) is 0 Å². The molecule has 0 aromatic carbocycles. The summed E-state index contributed by atoms with van der Waals surface area (Å²) in [6.07, 6.45) is 4.60. The zero-order valence-electron chi connectivity index (χ0n) is 12.1. The first-order chi connectivity index (χ1) is 10.3.